The first-order chi connectivity index (χ1) is 7.95. The van der Waals surface area contributed by atoms with E-state index in [9.17, 15) is 4.79 Å². The van der Waals surface area contributed by atoms with Crippen LogP contribution in [0.4, 0.5) is 0 Å². The number of nitrogens with one attached hydrogen (secondary N) is 2. The first-order valence-corrected chi connectivity index (χ1v) is 6.54. The Morgan fingerprint density at radius 3 is 2.41 bits per heavy atom. The molecule has 0 aromatic carbocycles. The van der Waals surface area contributed by atoms with Crippen LogP contribution in [-0.4, -0.2) is 51.1 Å². The minimum Gasteiger partial charge on any atom is -0.359 e. The summed E-state index contributed by atoms with van der Waals surface area (Å²) in [5.74, 6) is 0.825. The molecule has 0 heterocycles. The van der Waals surface area contributed by atoms with Gasteiger partial charge in [0.1, 0.15) is 0 Å². The Bertz CT molecular complexity index is 195. The van der Waals surface area contributed by atoms with Gasteiger partial charge in [-0.15, -0.1) is 0 Å². The molecular weight excluding hydrogens is 214 g/mol. The largest absolute Gasteiger partial charge is 0.359 e. The molecule has 1 atom stereocenters. The Labute approximate surface area is 106 Å². The maximum Gasteiger partial charge on any atom is 0.219 e. The Morgan fingerprint density at radius 1 is 1.29 bits per heavy atom. The van der Waals surface area contributed by atoms with E-state index in [2.05, 4.69) is 43.5 Å². The molecule has 1 amide bonds. The zero-order chi connectivity index (χ0) is 13.3. The fraction of sp³-hybridized carbons (Fsp3) is 0.923. The molecular formula is C13H29N3O. The van der Waals surface area contributed by atoms with Crippen LogP contribution in [0.5, 0.6) is 0 Å². The lowest BCUT2D eigenvalue weighted by Gasteiger charge is -2.24. The highest BCUT2D eigenvalue weighted by Gasteiger charge is 2.11. The van der Waals surface area contributed by atoms with Gasteiger partial charge >= 0.3 is 0 Å². The molecule has 0 saturated heterocycles. The van der Waals surface area contributed by atoms with Crippen LogP contribution in [0.2, 0.25) is 0 Å². The van der Waals surface area contributed by atoms with Gasteiger partial charge in [-0.05, 0) is 39.4 Å². The van der Waals surface area contributed by atoms with Crippen molar-refractivity contribution in [3.8, 4) is 0 Å². The number of rotatable bonds is 9. The van der Waals surface area contributed by atoms with Crippen LogP contribution in [-0.2, 0) is 4.79 Å². The summed E-state index contributed by atoms with van der Waals surface area (Å²) in [4.78, 5) is 13.3. The molecule has 0 rings (SSSR count). The molecule has 17 heavy (non-hydrogen) atoms. The Morgan fingerprint density at radius 2 is 1.94 bits per heavy atom. The smallest absolute Gasteiger partial charge is 0.219 e. The van der Waals surface area contributed by atoms with E-state index in [0.29, 0.717) is 18.4 Å². The van der Waals surface area contributed by atoms with E-state index < -0.39 is 0 Å². The third-order valence-electron chi connectivity index (χ3n) is 2.63. The summed E-state index contributed by atoms with van der Waals surface area (Å²) in [5, 5.41) is 6.18. The Kier molecular flexibility index (Phi) is 9.09. The van der Waals surface area contributed by atoms with Gasteiger partial charge in [0, 0.05) is 26.1 Å². The number of amides is 1. The van der Waals surface area contributed by atoms with Crippen molar-refractivity contribution < 1.29 is 4.79 Å². The average Bonchev–Trinajstić information content (AvgIpc) is 2.22. The van der Waals surface area contributed by atoms with Crippen molar-refractivity contribution in [3.63, 3.8) is 0 Å². The first-order valence-electron chi connectivity index (χ1n) is 6.54. The minimum atomic E-state index is 0.125. The molecule has 0 aliphatic carbocycles. The molecule has 0 aliphatic rings. The second-order valence-electron chi connectivity index (χ2n) is 5.32. The van der Waals surface area contributed by atoms with E-state index in [1.807, 2.05) is 0 Å². The van der Waals surface area contributed by atoms with Crippen LogP contribution in [0.1, 0.15) is 33.1 Å². The number of likely N-dealkylation sites (N-methyl/N-ethyl adjacent to an activating group) is 1. The highest BCUT2D eigenvalue weighted by molar-refractivity contribution is 5.75. The lowest BCUT2D eigenvalue weighted by molar-refractivity contribution is -0.120. The van der Waals surface area contributed by atoms with Gasteiger partial charge in [0.25, 0.3) is 0 Å². The molecule has 1 unspecified atom stereocenters. The molecule has 0 aliphatic heterocycles. The topological polar surface area (TPSA) is 44.4 Å². The van der Waals surface area contributed by atoms with E-state index >= 15 is 0 Å². The molecule has 0 radical (unpaired) electrons. The lowest BCUT2D eigenvalue weighted by Crippen LogP contribution is -2.39. The molecule has 0 bridgehead atoms. The van der Waals surface area contributed by atoms with Gasteiger partial charge in [-0.3, -0.25) is 4.79 Å². The highest BCUT2D eigenvalue weighted by atomic mass is 16.1. The van der Waals surface area contributed by atoms with E-state index in [0.717, 1.165) is 19.5 Å². The summed E-state index contributed by atoms with van der Waals surface area (Å²) in [7, 11) is 5.88. The van der Waals surface area contributed by atoms with Crippen LogP contribution in [0.3, 0.4) is 0 Å². The van der Waals surface area contributed by atoms with Gasteiger partial charge in [-0.1, -0.05) is 13.8 Å². The summed E-state index contributed by atoms with van der Waals surface area (Å²) in [6.45, 7) is 6.46. The van der Waals surface area contributed by atoms with E-state index in [4.69, 9.17) is 0 Å². The molecule has 0 fully saturated rings. The SMILES string of the molecule is CNC(=O)CCCNC(CC(C)C)CN(C)C. The summed E-state index contributed by atoms with van der Waals surface area (Å²) in [5.41, 5.74) is 0. The fourth-order valence-corrected chi connectivity index (χ4v) is 1.91. The van der Waals surface area contributed by atoms with Gasteiger partial charge in [0.2, 0.25) is 5.91 Å². The van der Waals surface area contributed by atoms with Crippen LogP contribution in [0, 0.1) is 5.92 Å². The molecule has 2 N–H and O–H groups in total. The third-order valence-corrected chi connectivity index (χ3v) is 2.63. The predicted octanol–water partition coefficient (Wildman–Crippen LogP) is 1.08. The van der Waals surface area contributed by atoms with E-state index in [1.165, 1.54) is 6.42 Å². The number of nitrogens with zero attached hydrogens (tertiary/aromatic N) is 1. The molecule has 0 spiro atoms. The van der Waals surface area contributed by atoms with Gasteiger partial charge in [-0.2, -0.15) is 0 Å². The van der Waals surface area contributed by atoms with Crippen LogP contribution in [0.15, 0.2) is 0 Å². The lowest BCUT2D eigenvalue weighted by atomic mass is 10.0. The maximum atomic E-state index is 11.1. The summed E-state index contributed by atoms with van der Waals surface area (Å²) in [6.07, 6.45) is 2.69. The van der Waals surface area contributed by atoms with Crippen molar-refractivity contribution in [2.75, 3.05) is 34.2 Å². The number of hydrogen-bond acceptors (Lipinski definition) is 3. The second-order valence-corrected chi connectivity index (χ2v) is 5.32. The normalized spacial score (nSPS) is 13.1. The van der Waals surface area contributed by atoms with Crippen LogP contribution >= 0.6 is 0 Å². The number of carbonyl (C=O) groups is 1. The van der Waals surface area contributed by atoms with E-state index in [1.54, 1.807) is 7.05 Å². The quantitative estimate of drug-likeness (QED) is 0.596. The molecule has 0 saturated carbocycles. The standard InChI is InChI=1S/C13H29N3O/c1-11(2)9-12(10-16(4)5)15-8-6-7-13(17)14-3/h11-12,15H,6-10H2,1-5H3,(H,14,17). The summed E-state index contributed by atoms with van der Waals surface area (Å²) in [6, 6.07) is 0.523. The van der Waals surface area contributed by atoms with Gasteiger partial charge in [-0.25, -0.2) is 0 Å². The Hall–Kier alpha value is -0.610. The molecule has 4 nitrogen and oxygen atoms in total. The zero-order valence-electron chi connectivity index (χ0n) is 12.0. The van der Waals surface area contributed by atoms with Gasteiger partial charge in [0.15, 0.2) is 0 Å². The molecule has 4 heteroatoms. The van der Waals surface area contributed by atoms with Crippen molar-refractivity contribution in [2.24, 2.45) is 5.92 Å². The Balaban J connectivity index is 3.79. The monoisotopic (exact) mass is 243 g/mol. The van der Waals surface area contributed by atoms with Crippen molar-refractivity contribution in [1.82, 2.24) is 15.5 Å². The van der Waals surface area contributed by atoms with Crippen molar-refractivity contribution >= 4 is 5.91 Å². The van der Waals surface area contributed by atoms with Crippen LogP contribution in [0.25, 0.3) is 0 Å². The average molecular weight is 243 g/mol. The summed E-state index contributed by atoms with van der Waals surface area (Å²) < 4.78 is 0. The minimum absolute atomic E-state index is 0.125. The van der Waals surface area contributed by atoms with Crippen LogP contribution < -0.4 is 10.6 Å². The molecule has 102 valence electrons. The zero-order valence-corrected chi connectivity index (χ0v) is 12.0. The summed E-state index contributed by atoms with van der Waals surface area (Å²) >= 11 is 0. The van der Waals surface area contributed by atoms with Gasteiger partial charge in [0.05, 0.1) is 0 Å². The number of hydrogen-bond donors (Lipinski definition) is 2. The van der Waals surface area contributed by atoms with E-state index in [-0.39, 0.29) is 5.91 Å². The van der Waals surface area contributed by atoms with Crippen molar-refractivity contribution in [2.45, 2.75) is 39.2 Å². The fourth-order valence-electron chi connectivity index (χ4n) is 1.91. The third kappa shape index (κ3) is 10.3. The van der Waals surface area contributed by atoms with Gasteiger partial charge < -0.3 is 15.5 Å². The number of carbonyl (C=O) groups excluding carboxylic acids is 1. The highest BCUT2D eigenvalue weighted by Crippen LogP contribution is 2.05. The van der Waals surface area contributed by atoms with Crippen molar-refractivity contribution in [3.05, 3.63) is 0 Å². The maximum absolute atomic E-state index is 11.1. The predicted molar refractivity (Wildman–Crippen MR) is 73.1 cm³/mol. The first kappa shape index (κ1) is 16.4. The van der Waals surface area contributed by atoms with Crippen molar-refractivity contribution in [1.29, 1.82) is 0 Å². The molecule has 0 aromatic rings. The molecule has 0 aromatic heterocycles. The second kappa shape index (κ2) is 9.42.